The molecular formula is C18H17FN4O. The van der Waals surface area contributed by atoms with Gasteiger partial charge in [-0.1, -0.05) is 11.6 Å². The third-order valence-corrected chi connectivity index (χ3v) is 4.53. The summed E-state index contributed by atoms with van der Waals surface area (Å²) in [5.41, 5.74) is 2.62. The number of aromatic amines is 1. The van der Waals surface area contributed by atoms with E-state index in [9.17, 15) is 9.18 Å². The maximum absolute atomic E-state index is 13.4. The topological polar surface area (TPSA) is 63.0 Å². The number of fused-ring (bicyclic) bond motifs is 3. The van der Waals surface area contributed by atoms with Gasteiger partial charge >= 0.3 is 0 Å². The van der Waals surface area contributed by atoms with E-state index in [0.717, 1.165) is 19.3 Å². The van der Waals surface area contributed by atoms with Gasteiger partial charge in [0.15, 0.2) is 0 Å². The zero-order valence-corrected chi connectivity index (χ0v) is 13.3. The van der Waals surface area contributed by atoms with Crippen molar-refractivity contribution in [2.45, 2.75) is 26.2 Å². The maximum Gasteiger partial charge on any atom is 0.298 e. The third kappa shape index (κ3) is 2.54. The van der Waals surface area contributed by atoms with Gasteiger partial charge in [-0.15, -0.1) is 0 Å². The van der Waals surface area contributed by atoms with E-state index in [0.29, 0.717) is 27.9 Å². The summed E-state index contributed by atoms with van der Waals surface area (Å²) in [6, 6.07) is 4.34. The molecule has 0 saturated heterocycles. The van der Waals surface area contributed by atoms with Crippen LogP contribution in [0.3, 0.4) is 0 Å². The maximum atomic E-state index is 13.4. The Balaban J connectivity index is 1.73. The summed E-state index contributed by atoms with van der Waals surface area (Å²) in [6.07, 6.45) is 8.49. The smallest absolute Gasteiger partial charge is 0.298 e. The van der Waals surface area contributed by atoms with Gasteiger partial charge in [0.05, 0.1) is 0 Å². The van der Waals surface area contributed by atoms with Crippen LogP contribution in [0.2, 0.25) is 0 Å². The summed E-state index contributed by atoms with van der Waals surface area (Å²) in [5, 5.41) is 4.89. The van der Waals surface area contributed by atoms with E-state index in [4.69, 9.17) is 0 Å². The highest BCUT2D eigenvalue weighted by molar-refractivity contribution is 6.04. The molecule has 0 radical (unpaired) electrons. The van der Waals surface area contributed by atoms with Crippen molar-refractivity contribution in [1.82, 2.24) is 14.6 Å². The van der Waals surface area contributed by atoms with E-state index >= 15 is 0 Å². The van der Waals surface area contributed by atoms with E-state index in [1.165, 1.54) is 28.7 Å². The normalized spacial score (nSPS) is 18.6. The number of hydrogen-bond donors (Lipinski definition) is 1. The zero-order chi connectivity index (χ0) is 16.7. The molecule has 3 aromatic rings. The number of benzene rings is 1. The van der Waals surface area contributed by atoms with Crippen molar-refractivity contribution in [3.05, 3.63) is 52.3 Å². The summed E-state index contributed by atoms with van der Waals surface area (Å²) in [6.45, 7) is 2.13. The lowest BCUT2D eigenvalue weighted by molar-refractivity contribution is 0.602. The standard InChI is InChI=1S/C18H17FN4O/c1-11-2-4-12(5-3-11)9-21-23-10-20-16-14-8-13(19)6-7-15(14)22-17(16)18(23)24/h2,6-10,12,22H,3-5H2,1H3/b21-9+/t12-/m0/s1. The second-order valence-corrected chi connectivity index (χ2v) is 6.28. The van der Waals surface area contributed by atoms with Gasteiger partial charge in [-0.3, -0.25) is 4.79 Å². The van der Waals surface area contributed by atoms with Crippen LogP contribution in [0.25, 0.3) is 21.9 Å². The lowest BCUT2D eigenvalue weighted by atomic mass is 9.91. The highest BCUT2D eigenvalue weighted by Gasteiger charge is 2.13. The van der Waals surface area contributed by atoms with E-state index in [1.54, 1.807) is 6.07 Å². The van der Waals surface area contributed by atoms with Gasteiger partial charge in [-0.25, -0.2) is 9.37 Å². The number of halogens is 1. The molecule has 1 aromatic carbocycles. The Morgan fingerprint density at radius 1 is 1.46 bits per heavy atom. The number of H-pyrrole nitrogens is 1. The fourth-order valence-corrected chi connectivity index (χ4v) is 3.09. The molecule has 6 heteroatoms. The van der Waals surface area contributed by atoms with Crippen molar-refractivity contribution in [3.8, 4) is 0 Å². The van der Waals surface area contributed by atoms with Crippen LogP contribution in [0, 0.1) is 11.7 Å². The van der Waals surface area contributed by atoms with Crippen LogP contribution >= 0.6 is 0 Å². The average Bonchev–Trinajstić information content (AvgIpc) is 2.95. The van der Waals surface area contributed by atoms with Crippen LogP contribution in [0.5, 0.6) is 0 Å². The van der Waals surface area contributed by atoms with E-state index in [2.05, 4.69) is 28.1 Å². The molecule has 0 amide bonds. The Hall–Kier alpha value is -2.76. The van der Waals surface area contributed by atoms with Gasteiger partial charge in [0.2, 0.25) is 0 Å². The van der Waals surface area contributed by atoms with E-state index in [1.807, 2.05) is 6.21 Å². The Kier molecular flexibility index (Phi) is 3.52. The van der Waals surface area contributed by atoms with Gasteiger partial charge in [0.25, 0.3) is 5.56 Å². The molecule has 4 rings (SSSR count). The number of allylic oxidation sites excluding steroid dienone is 2. The Morgan fingerprint density at radius 2 is 2.33 bits per heavy atom. The minimum atomic E-state index is -0.354. The molecule has 2 heterocycles. The molecule has 1 atom stereocenters. The predicted molar refractivity (Wildman–Crippen MR) is 92.8 cm³/mol. The fraction of sp³-hybridized carbons (Fsp3) is 0.278. The number of nitrogens with zero attached hydrogens (tertiary/aromatic N) is 3. The first-order valence-corrected chi connectivity index (χ1v) is 8.00. The molecule has 5 nitrogen and oxygen atoms in total. The molecule has 1 aliphatic rings. The summed E-state index contributed by atoms with van der Waals surface area (Å²) in [4.78, 5) is 19.9. The van der Waals surface area contributed by atoms with Crippen LogP contribution in [-0.4, -0.2) is 20.9 Å². The lowest BCUT2D eigenvalue weighted by Gasteiger charge is -2.15. The monoisotopic (exact) mass is 324 g/mol. The molecule has 122 valence electrons. The second kappa shape index (κ2) is 5.70. The van der Waals surface area contributed by atoms with Gasteiger partial charge in [-0.2, -0.15) is 9.78 Å². The number of aromatic nitrogens is 3. The first-order valence-electron chi connectivity index (χ1n) is 8.00. The summed E-state index contributed by atoms with van der Waals surface area (Å²) in [5.74, 6) is -0.0128. The Bertz CT molecular complexity index is 1040. The summed E-state index contributed by atoms with van der Waals surface area (Å²) >= 11 is 0. The molecule has 1 N–H and O–H groups in total. The molecule has 0 fully saturated rings. The van der Waals surface area contributed by atoms with Crippen molar-refractivity contribution in [2.75, 3.05) is 0 Å². The van der Waals surface area contributed by atoms with Crippen LogP contribution in [0.1, 0.15) is 26.2 Å². The number of hydrogen-bond acceptors (Lipinski definition) is 3. The molecule has 0 aliphatic heterocycles. The van der Waals surface area contributed by atoms with Gasteiger partial charge in [0.1, 0.15) is 23.2 Å². The summed E-state index contributed by atoms with van der Waals surface area (Å²) in [7, 11) is 0. The second-order valence-electron chi connectivity index (χ2n) is 6.28. The average molecular weight is 324 g/mol. The van der Waals surface area contributed by atoms with Crippen molar-refractivity contribution in [1.29, 1.82) is 0 Å². The van der Waals surface area contributed by atoms with Gasteiger partial charge in [-0.05, 0) is 50.3 Å². The van der Waals surface area contributed by atoms with Crippen LogP contribution in [0.15, 0.2) is 46.1 Å². The fourth-order valence-electron chi connectivity index (χ4n) is 3.09. The van der Waals surface area contributed by atoms with Gasteiger partial charge < -0.3 is 4.98 Å². The van der Waals surface area contributed by atoms with Crippen LogP contribution in [0.4, 0.5) is 4.39 Å². The molecule has 1 aliphatic carbocycles. The van der Waals surface area contributed by atoms with Crippen molar-refractivity contribution in [3.63, 3.8) is 0 Å². The Morgan fingerprint density at radius 3 is 3.12 bits per heavy atom. The Labute approximate surface area is 137 Å². The highest BCUT2D eigenvalue weighted by atomic mass is 19.1. The number of nitrogens with one attached hydrogen (secondary N) is 1. The van der Waals surface area contributed by atoms with E-state index in [-0.39, 0.29) is 11.4 Å². The van der Waals surface area contributed by atoms with Gasteiger partial charge in [0, 0.05) is 17.1 Å². The van der Waals surface area contributed by atoms with Crippen LogP contribution < -0.4 is 5.56 Å². The lowest BCUT2D eigenvalue weighted by Crippen LogP contribution is -2.18. The molecule has 0 saturated carbocycles. The molecule has 0 unspecified atom stereocenters. The van der Waals surface area contributed by atoms with Crippen LogP contribution in [-0.2, 0) is 0 Å². The largest absolute Gasteiger partial charge is 0.349 e. The first kappa shape index (κ1) is 14.8. The molecule has 0 bridgehead atoms. The minimum absolute atomic E-state index is 0.282. The minimum Gasteiger partial charge on any atom is -0.349 e. The predicted octanol–water partition coefficient (Wildman–Crippen LogP) is 3.60. The van der Waals surface area contributed by atoms with Crippen molar-refractivity contribution in [2.24, 2.45) is 11.0 Å². The highest BCUT2D eigenvalue weighted by Crippen LogP contribution is 2.23. The molecule has 24 heavy (non-hydrogen) atoms. The quantitative estimate of drug-likeness (QED) is 0.578. The first-order chi connectivity index (χ1) is 11.6. The molecule has 2 aromatic heterocycles. The zero-order valence-electron chi connectivity index (χ0n) is 13.3. The van der Waals surface area contributed by atoms with Crippen molar-refractivity contribution < 1.29 is 4.39 Å². The summed E-state index contributed by atoms with van der Waals surface area (Å²) < 4.78 is 14.7. The molecular weight excluding hydrogens is 307 g/mol. The molecule has 0 spiro atoms. The van der Waals surface area contributed by atoms with E-state index < -0.39 is 0 Å². The van der Waals surface area contributed by atoms with Crippen molar-refractivity contribution >= 4 is 28.2 Å². The number of rotatable bonds is 2. The SMILES string of the molecule is CC1=CC[C@H](/C=N/n2cnc3c([nH]c4ccc(F)cc43)c2=O)CC1. The third-order valence-electron chi connectivity index (χ3n) is 4.53.